The molecule has 100 valence electrons. The zero-order chi connectivity index (χ0) is 13.2. The van der Waals surface area contributed by atoms with Gasteiger partial charge in [0.1, 0.15) is 0 Å². The van der Waals surface area contributed by atoms with Gasteiger partial charge in [0.15, 0.2) is 0 Å². The molecule has 1 atom stereocenters. The number of nitrogens with one attached hydrogen (secondary N) is 1. The van der Waals surface area contributed by atoms with Crippen molar-refractivity contribution in [2.45, 2.75) is 32.2 Å². The molecule has 0 bridgehead atoms. The lowest BCUT2D eigenvalue weighted by Crippen LogP contribution is -2.24. The number of rotatable bonds is 5. The van der Waals surface area contributed by atoms with E-state index in [9.17, 15) is 0 Å². The molecule has 1 nitrogen and oxygen atoms in total. The molecule has 1 aliphatic rings. The number of halogens is 1. The van der Waals surface area contributed by atoms with Gasteiger partial charge in [0, 0.05) is 10.5 Å². The third-order valence-corrected chi connectivity index (χ3v) is 4.64. The Hall–Kier alpha value is -0.860. The van der Waals surface area contributed by atoms with Gasteiger partial charge >= 0.3 is 0 Å². The third-order valence-electron chi connectivity index (χ3n) is 3.95. The maximum Gasteiger partial charge on any atom is 0.0354 e. The SMILES string of the molecule is CCCNC(c1ccc(Br)c2ccccc12)C1CC1. The molecule has 0 aromatic heterocycles. The van der Waals surface area contributed by atoms with Crippen LogP contribution in [0.3, 0.4) is 0 Å². The minimum Gasteiger partial charge on any atom is -0.310 e. The van der Waals surface area contributed by atoms with E-state index in [1.54, 1.807) is 0 Å². The molecule has 0 saturated heterocycles. The largest absolute Gasteiger partial charge is 0.310 e. The molecular weight excluding hydrogens is 298 g/mol. The summed E-state index contributed by atoms with van der Waals surface area (Å²) in [5, 5.41) is 6.45. The van der Waals surface area contributed by atoms with Crippen molar-refractivity contribution in [3.05, 3.63) is 46.4 Å². The molecule has 0 spiro atoms. The van der Waals surface area contributed by atoms with Gasteiger partial charge in [-0.25, -0.2) is 0 Å². The fraction of sp³-hybridized carbons (Fsp3) is 0.412. The molecule has 1 fully saturated rings. The first kappa shape index (κ1) is 13.1. The van der Waals surface area contributed by atoms with Crippen LogP contribution >= 0.6 is 15.9 Å². The Morgan fingerprint density at radius 3 is 2.58 bits per heavy atom. The fourth-order valence-electron chi connectivity index (χ4n) is 2.82. The molecule has 2 aromatic rings. The summed E-state index contributed by atoms with van der Waals surface area (Å²) >= 11 is 3.67. The van der Waals surface area contributed by atoms with Crippen molar-refractivity contribution in [1.82, 2.24) is 5.32 Å². The van der Waals surface area contributed by atoms with Crippen LogP contribution < -0.4 is 5.32 Å². The normalized spacial score (nSPS) is 16.7. The van der Waals surface area contributed by atoms with Crippen LogP contribution in [0, 0.1) is 5.92 Å². The van der Waals surface area contributed by atoms with E-state index in [2.05, 4.69) is 64.6 Å². The molecule has 1 unspecified atom stereocenters. The minimum atomic E-state index is 0.526. The highest BCUT2D eigenvalue weighted by Crippen LogP contribution is 2.43. The molecule has 1 N–H and O–H groups in total. The van der Waals surface area contributed by atoms with Gasteiger partial charge in [-0.05, 0) is 54.1 Å². The van der Waals surface area contributed by atoms with Crippen molar-refractivity contribution in [2.75, 3.05) is 6.54 Å². The van der Waals surface area contributed by atoms with Crippen LogP contribution in [0.2, 0.25) is 0 Å². The van der Waals surface area contributed by atoms with Crippen LogP contribution in [-0.4, -0.2) is 6.54 Å². The molecule has 1 saturated carbocycles. The highest BCUT2D eigenvalue weighted by atomic mass is 79.9. The van der Waals surface area contributed by atoms with E-state index >= 15 is 0 Å². The summed E-state index contributed by atoms with van der Waals surface area (Å²) in [6, 6.07) is 13.7. The third kappa shape index (κ3) is 2.70. The quantitative estimate of drug-likeness (QED) is 0.813. The molecule has 0 heterocycles. The molecule has 3 rings (SSSR count). The van der Waals surface area contributed by atoms with Crippen LogP contribution in [0.4, 0.5) is 0 Å². The Morgan fingerprint density at radius 1 is 1.16 bits per heavy atom. The van der Waals surface area contributed by atoms with E-state index in [1.165, 1.54) is 40.1 Å². The second-order valence-corrected chi connectivity index (χ2v) is 6.31. The second kappa shape index (κ2) is 5.64. The molecule has 0 aliphatic heterocycles. The van der Waals surface area contributed by atoms with Gasteiger partial charge in [-0.1, -0.05) is 53.2 Å². The number of fused-ring (bicyclic) bond motifs is 1. The summed E-state index contributed by atoms with van der Waals surface area (Å²) in [6.45, 7) is 3.34. The van der Waals surface area contributed by atoms with E-state index in [0.29, 0.717) is 6.04 Å². The summed E-state index contributed by atoms with van der Waals surface area (Å²) in [7, 11) is 0. The summed E-state index contributed by atoms with van der Waals surface area (Å²) in [4.78, 5) is 0. The monoisotopic (exact) mass is 317 g/mol. The minimum absolute atomic E-state index is 0.526. The van der Waals surface area contributed by atoms with Gasteiger partial charge < -0.3 is 5.32 Å². The lowest BCUT2D eigenvalue weighted by molar-refractivity contribution is 0.484. The molecule has 0 radical (unpaired) electrons. The van der Waals surface area contributed by atoms with E-state index in [1.807, 2.05) is 0 Å². The lowest BCUT2D eigenvalue weighted by Gasteiger charge is -2.21. The molecule has 2 aromatic carbocycles. The van der Waals surface area contributed by atoms with Gasteiger partial charge in [0.05, 0.1) is 0 Å². The van der Waals surface area contributed by atoms with Crippen molar-refractivity contribution in [1.29, 1.82) is 0 Å². The summed E-state index contributed by atoms with van der Waals surface area (Å²) in [5.74, 6) is 0.830. The Kier molecular flexibility index (Phi) is 3.90. The van der Waals surface area contributed by atoms with E-state index in [-0.39, 0.29) is 0 Å². The summed E-state index contributed by atoms with van der Waals surface area (Å²) < 4.78 is 1.19. The van der Waals surface area contributed by atoms with Gasteiger partial charge in [0.2, 0.25) is 0 Å². The van der Waals surface area contributed by atoms with Crippen molar-refractivity contribution in [2.24, 2.45) is 5.92 Å². The van der Waals surface area contributed by atoms with E-state index < -0.39 is 0 Å². The predicted molar refractivity (Wildman–Crippen MR) is 85.4 cm³/mol. The average Bonchev–Trinajstić information content (AvgIpc) is 3.26. The standard InChI is InChI=1S/C17H20BrN/c1-2-11-19-17(12-7-8-12)15-9-10-16(18)14-6-4-3-5-13(14)15/h3-6,9-10,12,17,19H,2,7-8,11H2,1H3. The van der Waals surface area contributed by atoms with Crippen molar-refractivity contribution < 1.29 is 0 Å². The Bertz CT molecular complexity index is 574. The van der Waals surface area contributed by atoms with Crippen LogP contribution in [0.5, 0.6) is 0 Å². The fourth-order valence-corrected chi connectivity index (χ4v) is 3.29. The molecule has 0 amide bonds. The van der Waals surface area contributed by atoms with Crippen LogP contribution in [0.1, 0.15) is 37.8 Å². The molecule has 2 heteroatoms. The summed E-state index contributed by atoms with van der Waals surface area (Å²) in [5.41, 5.74) is 1.47. The smallest absolute Gasteiger partial charge is 0.0354 e. The zero-order valence-corrected chi connectivity index (χ0v) is 12.9. The molecule has 1 aliphatic carbocycles. The highest BCUT2D eigenvalue weighted by Gasteiger charge is 2.32. The van der Waals surface area contributed by atoms with Crippen LogP contribution in [0.25, 0.3) is 10.8 Å². The maximum absolute atomic E-state index is 3.74. The summed E-state index contributed by atoms with van der Waals surface area (Å²) in [6.07, 6.45) is 3.93. The van der Waals surface area contributed by atoms with Crippen molar-refractivity contribution >= 4 is 26.7 Å². The Labute approximate surface area is 123 Å². The molecular formula is C17H20BrN. The topological polar surface area (TPSA) is 12.0 Å². The van der Waals surface area contributed by atoms with E-state index in [4.69, 9.17) is 0 Å². The van der Waals surface area contributed by atoms with Gasteiger partial charge in [-0.15, -0.1) is 0 Å². The maximum atomic E-state index is 3.74. The average molecular weight is 318 g/mol. The Morgan fingerprint density at radius 2 is 1.89 bits per heavy atom. The van der Waals surface area contributed by atoms with Gasteiger partial charge in [-0.3, -0.25) is 0 Å². The van der Waals surface area contributed by atoms with Gasteiger partial charge in [0.25, 0.3) is 0 Å². The predicted octanol–water partition coefficient (Wildman–Crippen LogP) is 5.05. The first-order valence-electron chi connectivity index (χ1n) is 7.21. The lowest BCUT2D eigenvalue weighted by atomic mass is 9.95. The first-order chi connectivity index (χ1) is 9.31. The van der Waals surface area contributed by atoms with Gasteiger partial charge in [-0.2, -0.15) is 0 Å². The van der Waals surface area contributed by atoms with Crippen molar-refractivity contribution in [3.63, 3.8) is 0 Å². The zero-order valence-electron chi connectivity index (χ0n) is 11.3. The van der Waals surface area contributed by atoms with Crippen LogP contribution in [0.15, 0.2) is 40.9 Å². The first-order valence-corrected chi connectivity index (χ1v) is 8.01. The van der Waals surface area contributed by atoms with Crippen LogP contribution in [-0.2, 0) is 0 Å². The molecule has 19 heavy (non-hydrogen) atoms. The Balaban J connectivity index is 2.05. The van der Waals surface area contributed by atoms with Crippen molar-refractivity contribution in [3.8, 4) is 0 Å². The van der Waals surface area contributed by atoms with E-state index in [0.717, 1.165) is 12.5 Å². The number of benzene rings is 2. The second-order valence-electron chi connectivity index (χ2n) is 5.45. The highest BCUT2D eigenvalue weighted by molar-refractivity contribution is 9.10. The number of hydrogen-bond acceptors (Lipinski definition) is 1. The number of hydrogen-bond donors (Lipinski definition) is 1.